The number of carbonyl (C=O) groups excluding carboxylic acids is 1. The highest BCUT2D eigenvalue weighted by Crippen LogP contribution is 2.40. The molecule has 162 valence electrons. The summed E-state index contributed by atoms with van der Waals surface area (Å²) < 4.78 is 0. The topological polar surface area (TPSA) is 171 Å². The monoisotopic (exact) mass is 457 g/mol. The number of amides is 1. The zero-order valence-corrected chi connectivity index (χ0v) is 16.6. The van der Waals surface area contributed by atoms with Gasteiger partial charge in [0.1, 0.15) is 0 Å². The van der Waals surface area contributed by atoms with Crippen molar-refractivity contribution >= 4 is 51.6 Å². The molecule has 2 N–H and O–H groups in total. The molecule has 32 heavy (non-hydrogen) atoms. The molecule has 0 unspecified atom stereocenters. The van der Waals surface area contributed by atoms with Crippen LogP contribution in [0.3, 0.4) is 0 Å². The highest BCUT2D eigenvalue weighted by molar-refractivity contribution is 6.33. The second-order valence-electron chi connectivity index (χ2n) is 6.27. The van der Waals surface area contributed by atoms with Gasteiger partial charge in [0.25, 0.3) is 11.6 Å². The zero-order chi connectivity index (χ0) is 23.4. The van der Waals surface area contributed by atoms with Crippen molar-refractivity contribution in [2.75, 3.05) is 10.6 Å². The number of rotatable bonds is 7. The molecule has 0 atom stereocenters. The second kappa shape index (κ2) is 9.06. The number of hydrogen-bond donors (Lipinski definition) is 2. The van der Waals surface area contributed by atoms with E-state index in [-0.39, 0.29) is 11.3 Å². The minimum atomic E-state index is -0.965. The molecule has 3 aromatic rings. The molecule has 3 rings (SSSR count). The van der Waals surface area contributed by atoms with E-state index in [1.54, 1.807) is 24.3 Å². The number of nitrogens with one attached hydrogen (secondary N) is 2. The Morgan fingerprint density at radius 3 is 1.88 bits per heavy atom. The summed E-state index contributed by atoms with van der Waals surface area (Å²) in [6.45, 7) is 0. The van der Waals surface area contributed by atoms with Gasteiger partial charge in [-0.2, -0.15) is 0 Å². The lowest BCUT2D eigenvalue weighted by molar-refractivity contribution is -0.401. The van der Waals surface area contributed by atoms with Crippen molar-refractivity contribution in [1.82, 2.24) is 0 Å². The van der Waals surface area contributed by atoms with Gasteiger partial charge in [-0.25, -0.2) is 0 Å². The van der Waals surface area contributed by atoms with Crippen LogP contribution in [0.5, 0.6) is 0 Å². The fourth-order valence-electron chi connectivity index (χ4n) is 2.73. The number of benzene rings is 3. The number of anilines is 3. The van der Waals surface area contributed by atoms with E-state index in [9.17, 15) is 35.1 Å². The van der Waals surface area contributed by atoms with Crippen molar-refractivity contribution in [2.24, 2.45) is 0 Å². The molecule has 0 bridgehead atoms. The summed E-state index contributed by atoms with van der Waals surface area (Å²) in [5.41, 5.74) is -2.20. The summed E-state index contributed by atoms with van der Waals surface area (Å²) in [5.74, 6) is -0.475. The molecule has 1 amide bonds. The van der Waals surface area contributed by atoms with E-state index in [4.69, 9.17) is 11.6 Å². The number of non-ortho nitro benzene ring substituents is 1. The number of carbonyl (C=O) groups is 1. The van der Waals surface area contributed by atoms with E-state index in [2.05, 4.69) is 10.6 Å². The minimum absolute atomic E-state index is 0.180. The quantitative estimate of drug-likeness (QED) is 0.366. The van der Waals surface area contributed by atoms with Crippen LogP contribution in [0.2, 0.25) is 5.02 Å². The fraction of sp³-hybridized carbons (Fsp3) is 0. The lowest BCUT2D eigenvalue weighted by Crippen LogP contribution is -2.12. The zero-order valence-electron chi connectivity index (χ0n) is 15.9. The molecule has 13 heteroatoms. The van der Waals surface area contributed by atoms with E-state index < -0.39 is 43.4 Å². The molecule has 0 aliphatic heterocycles. The molecular weight excluding hydrogens is 446 g/mol. The lowest BCUT2D eigenvalue weighted by Gasteiger charge is -2.10. The van der Waals surface area contributed by atoms with E-state index in [0.717, 1.165) is 0 Å². The van der Waals surface area contributed by atoms with Crippen LogP contribution in [0.4, 0.5) is 34.1 Å². The number of nitro benzene ring substituents is 3. The molecule has 12 nitrogen and oxygen atoms in total. The predicted molar refractivity (Wildman–Crippen MR) is 116 cm³/mol. The molecule has 0 saturated heterocycles. The fourth-order valence-corrected chi connectivity index (χ4v) is 2.91. The van der Waals surface area contributed by atoms with Crippen molar-refractivity contribution < 1.29 is 19.6 Å². The minimum Gasteiger partial charge on any atom is -0.344 e. The standard InChI is InChI=1S/C19H12ClN5O7/c20-14-3-1-2-4-15(14)22-19(26)11-5-7-12(8-6-11)21-18-16(24(29)30)9-13(23(27)28)10-17(18)25(31)32/h1-10,21H,(H,22,26). The Kier molecular flexibility index (Phi) is 6.26. The van der Waals surface area contributed by atoms with Crippen LogP contribution in [0.15, 0.2) is 60.7 Å². The number of para-hydroxylation sites is 1. The summed E-state index contributed by atoms with van der Waals surface area (Å²) in [6, 6.07) is 13.4. The summed E-state index contributed by atoms with van der Waals surface area (Å²) in [6.07, 6.45) is 0. The molecule has 0 heterocycles. The van der Waals surface area contributed by atoms with Gasteiger partial charge >= 0.3 is 11.4 Å². The number of nitro groups is 3. The van der Waals surface area contributed by atoms with Gasteiger partial charge in [0.15, 0.2) is 5.69 Å². The summed E-state index contributed by atoms with van der Waals surface area (Å²) in [4.78, 5) is 43.2. The first-order chi connectivity index (χ1) is 15.2. The van der Waals surface area contributed by atoms with Crippen LogP contribution in [-0.4, -0.2) is 20.7 Å². The first-order valence-electron chi connectivity index (χ1n) is 8.71. The third-order valence-electron chi connectivity index (χ3n) is 4.22. The number of halogens is 1. The highest BCUT2D eigenvalue weighted by atomic mass is 35.5. The van der Waals surface area contributed by atoms with Crippen molar-refractivity contribution in [1.29, 1.82) is 0 Å². The van der Waals surface area contributed by atoms with Gasteiger partial charge in [0, 0.05) is 11.3 Å². The molecule has 0 aliphatic rings. The Hall–Kier alpha value is -4.58. The maximum atomic E-state index is 12.4. The van der Waals surface area contributed by atoms with Crippen molar-refractivity contribution in [3.8, 4) is 0 Å². The van der Waals surface area contributed by atoms with Crippen molar-refractivity contribution in [3.63, 3.8) is 0 Å². The molecule has 3 aromatic carbocycles. The molecule has 0 saturated carbocycles. The van der Waals surface area contributed by atoms with Crippen LogP contribution >= 0.6 is 11.6 Å². The van der Waals surface area contributed by atoms with E-state index >= 15 is 0 Å². The van der Waals surface area contributed by atoms with Gasteiger partial charge in [-0.3, -0.25) is 35.1 Å². The average Bonchev–Trinajstić information content (AvgIpc) is 2.75. The average molecular weight is 458 g/mol. The van der Waals surface area contributed by atoms with Crippen LogP contribution in [-0.2, 0) is 0 Å². The van der Waals surface area contributed by atoms with E-state index in [1.807, 2.05) is 0 Å². The molecule has 0 aliphatic carbocycles. The SMILES string of the molecule is O=C(Nc1ccccc1Cl)c1ccc(Nc2c([N+](=O)[O-])cc([N+](=O)[O-])cc2[N+](=O)[O-])cc1. The first kappa shape index (κ1) is 22.1. The van der Waals surface area contributed by atoms with Gasteiger partial charge in [-0.15, -0.1) is 0 Å². The number of hydrogen-bond acceptors (Lipinski definition) is 8. The molecule has 0 aromatic heterocycles. The third-order valence-corrected chi connectivity index (χ3v) is 4.55. The summed E-state index contributed by atoms with van der Waals surface area (Å²) in [7, 11) is 0. The summed E-state index contributed by atoms with van der Waals surface area (Å²) >= 11 is 6.01. The summed E-state index contributed by atoms with van der Waals surface area (Å²) in [5, 5.41) is 39.2. The van der Waals surface area contributed by atoms with E-state index in [1.165, 1.54) is 24.3 Å². The van der Waals surface area contributed by atoms with Crippen LogP contribution in [0.1, 0.15) is 10.4 Å². The van der Waals surface area contributed by atoms with Gasteiger partial charge in [-0.1, -0.05) is 23.7 Å². The Balaban J connectivity index is 1.90. The third kappa shape index (κ3) is 4.76. The maximum absolute atomic E-state index is 12.4. The van der Waals surface area contributed by atoms with Crippen LogP contribution < -0.4 is 10.6 Å². The van der Waals surface area contributed by atoms with Crippen LogP contribution in [0.25, 0.3) is 0 Å². The molecule has 0 spiro atoms. The molecule has 0 fully saturated rings. The molecular formula is C19H12ClN5O7. The van der Waals surface area contributed by atoms with Crippen molar-refractivity contribution in [2.45, 2.75) is 0 Å². The van der Waals surface area contributed by atoms with E-state index in [0.29, 0.717) is 22.8 Å². The van der Waals surface area contributed by atoms with Gasteiger partial charge in [0.2, 0.25) is 0 Å². The normalized spacial score (nSPS) is 10.3. The smallest absolute Gasteiger partial charge is 0.306 e. The first-order valence-corrected chi connectivity index (χ1v) is 9.09. The maximum Gasteiger partial charge on any atom is 0.306 e. The van der Waals surface area contributed by atoms with Crippen LogP contribution in [0, 0.1) is 30.3 Å². The van der Waals surface area contributed by atoms with Crippen molar-refractivity contribution in [3.05, 3.63) is 102 Å². The second-order valence-corrected chi connectivity index (χ2v) is 6.67. The largest absolute Gasteiger partial charge is 0.344 e. The molecule has 0 radical (unpaired) electrons. The Labute approximate surface area is 183 Å². The number of nitrogens with zero attached hydrogens (tertiary/aromatic N) is 3. The van der Waals surface area contributed by atoms with Gasteiger partial charge in [-0.05, 0) is 36.4 Å². The predicted octanol–water partition coefficient (Wildman–Crippen LogP) is 5.06. The Morgan fingerprint density at radius 1 is 0.812 bits per heavy atom. The van der Waals surface area contributed by atoms with Gasteiger partial charge < -0.3 is 10.6 Å². The lowest BCUT2D eigenvalue weighted by atomic mass is 10.1. The van der Waals surface area contributed by atoms with Gasteiger partial charge in [0.05, 0.1) is 37.6 Å². The Morgan fingerprint density at radius 2 is 1.38 bits per heavy atom. The Bertz CT molecular complexity index is 1210. The highest BCUT2D eigenvalue weighted by Gasteiger charge is 2.30.